The fourth-order valence-electron chi connectivity index (χ4n) is 2.43. The summed E-state index contributed by atoms with van der Waals surface area (Å²) in [6.07, 6.45) is 4.98. The van der Waals surface area contributed by atoms with Gasteiger partial charge in [0.05, 0.1) is 6.04 Å². The standard InChI is InChI=1S/C16H23N3/c1-5-8-17-15(16-18-9-10-19(16)4)14-7-6-12(2)11-13(14)3/h6-7,9-11,15,17H,5,8H2,1-4H3. The number of nitrogens with zero attached hydrogens (tertiary/aromatic N) is 2. The van der Waals surface area contributed by atoms with Crippen LogP contribution in [0.4, 0.5) is 0 Å². The van der Waals surface area contributed by atoms with Crippen molar-refractivity contribution >= 4 is 0 Å². The smallest absolute Gasteiger partial charge is 0.130 e. The molecule has 1 atom stereocenters. The van der Waals surface area contributed by atoms with Gasteiger partial charge in [0.25, 0.3) is 0 Å². The topological polar surface area (TPSA) is 29.9 Å². The molecule has 19 heavy (non-hydrogen) atoms. The van der Waals surface area contributed by atoms with E-state index in [9.17, 15) is 0 Å². The summed E-state index contributed by atoms with van der Waals surface area (Å²) in [7, 11) is 2.05. The van der Waals surface area contributed by atoms with Gasteiger partial charge in [0.15, 0.2) is 0 Å². The highest BCUT2D eigenvalue weighted by atomic mass is 15.1. The first-order chi connectivity index (χ1) is 9.13. The van der Waals surface area contributed by atoms with Gasteiger partial charge in [-0.05, 0) is 37.9 Å². The number of aryl methyl sites for hydroxylation is 3. The van der Waals surface area contributed by atoms with Gasteiger partial charge in [-0.15, -0.1) is 0 Å². The Kier molecular flexibility index (Phi) is 4.38. The monoisotopic (exact) mass is 257 g/mol. The van der Waals surface area contributed by atoms with E-state index in [0.29, 0.717) is 0 Å². The van der Waals surface area contributed by atoms with Gasteiger partial charge in [-0.25, -0.2) is 4.98 Å². The van der Waals surface area contributed by atoms with Crippen molar-refractivity contribution in [3.8, 4) is 0 Å². The molecule has 1 aromatic carbocycles. The Morgan fingerprint density at radius 1 is 1.32 bits per heavy atom. The van der Waals surface area contributed by atoms with Crippen molar-refractivity contribution in [1.82, 2.24) is 14.9 Å². The van der Waals surface area contributed by atoms with Crippen LogP contribution in [0.25, 0.3) is 0 Å². The molecule has 0 fully saturated rings. The molecular formula is C16H23N3. The minimum absolute atomic E-state index is 0.167. The van der Waals surface area contributed by atoms with Crippen LogP contribution in [0.5, 0.6) is 0 Å². The largest absolute Gasteiger partial charge is 0.336 e. The van der Waals surface area contributed by atoms with E-state index in [1.54, 1.807) is 0 Å². The van der Waals surface area contributed by atoms with Crippen LogP contribution in [-0.2, 0) is 7.05 Å². The Hall–Kier alpha value is -1.61. The summed E-state index contributed by atoms with van der Waals surface area (Å²) in [6.45, 7) is 7.48. The molecule has 0 aliphatic rings. The minimum Gasteiger partial charge on any atom is -0.336 e. The molecule has 0 aliphatic heterocycles. The summed E-state index contributed by atoms with van der Waals surface area (Å²) in [6, 6.07) is 6.79. The average Bonchev–Trinajstić information content (AvgIpc) is 2.78. The summed E-state index contributed by atoms with van der Waals surface area (Å²) in [5.74, 6) is 1.07. The molecule has 2 rings (SSSR count). The second-order valence-corrected chi connectivity index (χ2v) is 5.14. The Balaban J connectivity index is 2.40. The van der Waals surface area contributed by atoms with Gasteiger partial charge in [0.1, 0.15) is 5.82 Å². The Morgan fingerprint density at radius 2 is 2.11 bits per heavy atom. The van der Waals surface area contributed by atoms with E-state index >= 15 is 0 Å². The molecule has 0 aliphatic carbocycles. The summed E-state index contributed by atoms with van der Waals surface area (Å²) < 4.78 is 2.09. The van der Waals surface area contributed by atoms with Gasteiger partial charge in [-0.2, -0.15) is 0 Å². The first kappa shape index (κ1) is 13.8. The number of nitrogens with one attached hydrogen (secondary N) is 1. The minimum atomic E-state index is 0.167. The van der Waals surface area contributed by atoms with Gasteiger partial charge in [0.2, 0.25) is 0 Å². The lowest BCUT2D eigenvalue weighted by molar-refractivity contribution is 0.553. The molecule has 0 saturated heterocycles. The van der Waals surface area contributed by atoms with E-state index in [1.807, 2.05) is 19.4 Å². The van der Waals surface area contributed by atoms with E-state index in [0.717, 1.165) is 18.8 Å². The molecule has 2 aromatic rings. The number of imidazole rings is 1. The zero-order chi connectivity index (χ0) is 13.8. The highest BCUT2D eigenvalue weighted by Crippen LogP contribution is 2.24. The number of benzene rings is 1. The van der Waals surface area contributed by atoms with Crippen LogP contribution >= 0.6 is 0 Å². The fraction of sp³-hybridized carbons (Fsp3) is 0.438. The van der Waals surface area contributed by atoms with Crippen molar-refractivity contribution in [3.63, 3.8) is 0 Å². The highest BCUT2D eigenvalue weighted by molar-refractivity contribution is 5.36. The molecule has 1 unspecified atom stereocenters. The molecule has 0 saturated carbocycles. The number of hydrogen-bond acceptors (Lipinski definition) is 2. The average molecular weight is 257 g/mol. The summed E-state index contributed by atoms with van der Waals surface area (Å²) in [5, 5.41) is 3.61. The molecule has 0 bridgehead atoms. The van der Waals surface area contributed by atoms with E-state index in [1.165, 1.54) is 16.7 Å². The molecule has 1 heterocycles. The molecule has 1 aromatic heterocycles. The molecule has 3 heteroatoms. The predicted octanol–water partition coefficient (Wildman–Crippen LogP) is 3.13. The van der Waals surface area contributed by atoms with Gasteiger partial charge in [-0.3, -0.25) is 0 Å². The van der Waals surface area contributed by atoms with Crippen LogP contribution in [0, 0.1) is 13.8 Å². The SMILES string of the molecule is CCCNC(c1ccc(C)cc1C)c1nccn1C. The fourth-order valence-corrected chi connectivity index (χ4v) is 2.43. The lowest BCUT2D eigenvalue weighted by Crippen LogP contribution is -2.26. The first-order valence-corrected chi connectivity index (χ1v) is 6.91. The van der Waals surface area contributed by atoms with Crippen LogP contribution in [0.1, 0.15) is 41.9 Å². The van der Waals surface area contributed by atoms with Crippen LogP contribution < -0.4 is 5.32 Å². The summed E-state index contributed by atoms with van der Waals surface area (Å²) >= 11 is 0. The molecule has 0 radical (unpaired) electrons. The molecule has 3 nitrogen and oxygen atoms in total. The van der Waals surface area contributed by atoms with Crippen molar-refractivity contribution in [2.45, 2.75) is 33.2 Å². The van der Waals surface area contributed by atoms with Crippen LogP contribution in [0.15, 0.2) is 30.6 Å². The highest BCUT2D eigenvalue weighted by Gasteiger charge is 2.19. The predicted molar refractivity (Wildman–Crippen MR) is 79.3 cm³/mol. The molecule has 0 amide bonds. The van der Waals surface area contributed by atoms with Gasteiger partial charge < -0.3 is 9.88 Å². The van der Waals surface area contributed by atoms with E-state index < -0.39 is 0 Å². The van der Waals surface area contributed by atoms with Gasteiger partial charge in [0, 0.05) is 19.4 Å². The summed E-state index contributed by atoms with van der Waals surface area (Å²) in [4.78, 5) is 4.51. The van der Waals surface area contributed by atoms with Crippen molar-refractivity contribution in [2.24, 2.45) is 7.05 Å². The zero-order valence-corrected chi connectivity index (χ0v) is 12.3. The van der Waals surface area contributed by atoms with E-state index in [-0.39, 0.29) is 6.04 Å². The second kappa shape index (κ2) is 6.02. The third-order valence-electron chi connectivity index (χ3n) is 3.45. The van der Waals surface area contributed by atoms with Gasteiger partial charge in [-0.1, -0.05) is 30.7 Å². The Bertz CT molecular complexity index is 543. The number of aromatic nitrogens is 2. The number of rotatable bonds is 5. The van der Waals surface area contributed by atoms with Crippen molar-refractivity contribution in [2.75, 3.05) is 6.54 Å². The summed E-state index contributed by atoms with van der Waals surface area (Å²) in [5.41, 5.74) is 3.93. The Morgan fingerprint density at radius 3 is 2.68 bits per heavy atom. The molecule has 0 spiro atoms. The first-order valence-electron chi connectivity index (χ1n) is 6.91. The van der Waals surface area contributed by atoms with Crippen LogP contribution in [-0.4, -0.2) is 16.1 Å². The third kappa shape index (κ3) is 3.04. The van der Waals surface area contributed by atoms with Gasteiger partial charge >= 0.3 is 0 Å². The zero-order valence-electron chi connectivity index (χ0n) is 12.3. The Labute approximate surface area is 115 Å². The van der Waals surface area contributed by atoms with Crippen LogP contribution in [0.2, 0.25) is 0 Å². The molecular weight excluding hydrogens is 234 g/mol. The number of hydrogen-bond donors (Lipinski definition) is 1. The lowest BCUT2D eigenvalue weighted by atomic mass is 9.98. The molecule has 102 valence electrons. The van der Waals surface area contributed by atoms with E-state index in [2.05, 4.69) is 53.8 Å². The van der Waals surface area contributed by atoms with E-state index in [4.69, 9.17) is 0 Å². The van der Waals surface area contributed by atoms with Crippen molar-refractivity contribution in [1.29, 1.82) is 0 Å². The maximum absolute atomic E-state index is 4.51. The maximum atomic E-state index is 4.51. The van der Waals surface area contributed by atoms with Crippen molar-refractivity contribution in [3.05, 3.63) is 53.1 Å². The van der Waals surface area contributed by atoms with Crippen molar-refractivity contribution < 1.29 is 0 Å². The second-order valence-electron chi connectivity index (χ2n) is 5.14. The quantitative estimate of drug-likeness (QED) is 0.892. The molecule has 1 N–H and O–H groups in total. The van der Waals surface area contributed by atoms with Crippen LogP contribution in [0.3, 0.4) is 0 Å². The lowest BCUT2D eigenvalue weighted by Gasteiger charge is -2.21. The third-order valence-corrected chi connectivity index (χ3v) is 3.45. The maximum Gasteiger partial charge on any atom is 0.130 e. The normalized spacial score (nSPS) is 12.6.